The summed E-state index contributed by atoms with van der Waals surface area (Å²) in [7, 11) is 0. The molecule has 0 spiro atoms. The third kappa shape index (κ3) is 6.46. The Morgan fingerprint density at radius 2 is 1.71 bits per heavy atom. The molecule has 0 bridgehead atoms. The van der Waals surface area contributed by atoms with Crippen LogP contribution < -0.4 is 4.74 Å². The van der Waals surface area contributed by atoms with Crippen LogP contribution in [0.4, 0.5) is 0 Å². The zero-order chi connectivity index (χ0) is 17.0. The number of aryl methyl sites for hydroxylation is 1. The minimum atomic E-state index is 0.761. The number of hydrogen-bond donors (Lipinski definition) is 0. The summed E-state index contributed by atoms with van der Waals surface area (Å²) in [5.41, 5.74) is 3.15. The third-order valence-electron chi connectivity index (χ3n) is 3.83. The van der Waals surface area contributed by atoms with Crippen molar-refractivity contribution in [1.82, 2.24) is 4.98 Å². The summed E-state index contributed by atoms with van der Waals surface area (Å²) in [5.74, 6) is 7.09. The van der Waals surface area contributed by atoms with Crippen molar-refractivity contribution in [3.05, 3.63) is 59.4 Å². The Morgan fingerprint density at radius 3 is 2.38 bits per heavy atom. The van der Waals surface area contributed by atoms with Crippen LogP contribution in [0.25, 0.3) is 0 Å². The minimum Gasteiger partial charge on any atom is -0.492 e. The molecular weight excluding hydrogens is 294 g/mol. The van der Waals surface area contributed by atoms with Gasteiger partial charge in [0.1, 0.15) is 11.4 Å². The van der Waals surface area contributed by atoms with Gasteiger partial charge in [-0.3, -0.25) is 0 Å². The summed E-state index contributed by atoms with van der Waals surface area (Å²) < 4.78 is 5.70. The summed E-state index contributed by atoms with van der Waals surface area (Å²) in [4.78, 5) is 4.36. The zero-order valence-corrected chi connectivity index (χ0v) is 14.8. The van der Waals surface area contributed by atoms with E-state index < -0.39 is 0 Å². The molecule has 2 nitrogen and oxygen atoms in total. The van der Waals surface area contributed by atoms with Crippen LogP contribution in [0.2, 0.25) is 0 Å². The Bertz CT molecular complexity index is 647. The lowest BCUT2D eigenvalue weighted by Gasteiger charge is -2.05. The molecule has 1 aromatic heterocycles. The van der Waals surface area contributed by atoms with E-state index in [1.807, 2.05) is 12.1 Å². The molecule has 0 radical (unpaired) electrons. The fourth-order valence-corrected chi connectivity index (χ4v) is 2.44. The van der Waals surface area contributed by atoms with Crippen molar-refractivity contribution in [3.8, 4) is 17.6 Å². The van der Waals surface area contributed by atoms with E-state index in [9.17, 15) is 0 Å². The molecule has 0 fully saturated rings. The zero-order valence-electron chi connectivity index (χ0n) is 14.8. The second-order valence-corrected chi connectivity index (χ2v) is 5.99. The van der Waals surface area contributed by atoms with Crippen molar-refractivity contribution >= 4 is 0 Å². The van der Waals surface area contributed by atoms with Gasteiger partial charge in [0, 0.05) is 5.56 Å². The van der Waals surface area contributed by atoms with E-state index in [2.05, 4.69) is 54.9 Å². The number of nitrogens with zero attached hydrogens (tertiary/aromatic N) is 1. The molecule has 2 rings (SSSR count). The van der Waals surface area contributed by atoms with Gasteiger partial charge in [-0.1, -0.05) is 57.6 Å². The van der Waals surface area contributed by atoms with Gasteiger partial charge in [0.15, 0.2) is 0 Å². The molecule has 1 heterocycles. The summed E-state index contributed by atoms with van der Waals surface area (Å²) >= 11 is 0. The fraction of sp³-hybridized carbons (Fsp3) is 0.409. The van der Waals surface area contributed by atoms with Gasteiger partial charge >= 0.3 is 0 Å². The first kappa shape index (κ1) is 18.1. The van der Waals surface area contributed by atoms with E-state index in [0.29, 0.717) is 0 Å². The number of hydrogen-bond acceptors (Lipinski definition) is 2. The van der Waals surface area contributed by atoms with Crippen molar-refractivity contribution in [1.29, 1.82) is 0 Å². The van der Waals surface area contributed by atoms with Crippen LogP contribution >= 0.6 is 0 Å². The van der Waals surface area contributed by atoms with Gasteiger partial charge in [0.2, 0.25) is 0 Å². The predicted molar refractivity (Wildman–Crippen MR) is 100 cm³/mol. The topological polar surface area (TPSA) is 22.1 Å². The van der Waals surface area contributed by atoms with Gasteiger partial charge in [0.25, 0.3) is 0 Å². The Labute approximate surface area is 146 Å². The number of aromatic nitrogens is 1. The van der Waals surface area contributed by atoms with Gasteiger partial charge < -0.3 is 4.74 Å². The largest absolute Gasteiger partial charge is 0.492 e. The Kier molecular flexibility index (Phi) is 7.90. The smallest absolute Gasteiger partial charge is 0.137 e. The highest BCUT2D eigenvalue weighted by Crippen LogP contribution is 2.10. The first-order valence-corrected chi connectivity index (χ1v) is 9.01. The lowest BCUT2D eigenvalue weighted by atomic mass is 10.1. The molecule has 0 saturated heterocycles. The normalized spacial score (nSPS) is 10.1. The first-order valence-electron chi connectivity index (χ1n) is 9.01. The van der Waals surface area contributed by atoms with Crippen molar-refractivity contribution in [2.45, 2.75) is 52.4 Å². The SMILES string of the molecule is CCCCCCOc1ccc(C#Cc2ccc(CCC)cc2)nc1. The molecule has 0 saturated carbocycles. The Morgan fingerprint density at radius 1 is 0.875 bits per heavy atom. The van der Waals surface area contributed by atoms with Crippen LogP contribution in [-0.2, 0) is 6.42 Å². The van der Waals surface area contributed by atoms with Crippen molar-refractivity contribution in [2.75, 3.05) is 6.61 Å². The lowest BCUT2D eigenvalue weighted by Crippen LogP contribution is -1.97. The van der Waals surface area contributed by atoms with E-state index in [1.165, 1.54) is 31.2 Å². The van der Waals surface area contributed by atoms with Crippen LogP contribution in [0.3, 0.4) is 0 Å². The van der Waals surface area contributed by atoms with Gasteiger partial charge in [-0.15, -0.1) is 0 Å². The van der Waals surface area contributed by atoms with Crippen molar-refractivity contribution < 1.29 is 4.74 Å². The molecule has 0 unspecified atom stereocenters. The van der Waals surface area contributed by atoms with Crippen LogP contribution in [0.1, 0.15) is 62.8 Å². The van der Waals surface area contributed by atoms with E-state index in [-0.39, 0.29) is 0 Å². The second kappa shape index (κ2) is 10.5. The number of benzene rings is 1. The standard InChI is InChI=1S/C22H27NO/c1-3-5-6-7-17-24-22-16-15-21(23-18-22)14-13-20-11-9-19(8-4-2)10-12-20/h9-12,15-16,18H,3-8,17H2,1-2H3. The van der Waals surface area contributed by atoms with Gasteiger partial charge in [-0.2, -0.15) is 0 Å². The quantitative estimate of drug-likeness (QED) is 0.480. The number of ether oxygens (including phenoxy) is 1. The average Bonchev–Trinajstić information content (AvgIpc) is 2.62. The monoisotopic (exact) mass is 321 g/mol. The van der Waals surface area contributed by atoms with Crippen LogP contribution in [-0.4, -0.2) is 11.6 Å². The second-order valence-electron chi connectivity index (χ2n) is 5.99. The molecule has 0 N–H and O–H groups in total. The highest BCUT2D eigenvalue weighted by molar-refractivity contribution is 5.41. The fourth-order valence-electron chi connectivity index (χ4n) is 2.44. The van der Waals surface area contributed by atoms with E-state index >= 15 is 0 Å². The van der Waals surface area contributed by atoms with Gasteiger partial charge in [0.05, 0.1) is 12.8 Å². The average molecular weight is 321 g/mol. The highest BCUT2D eigenvalue weighted by atomic mass is 16.5. The molecule has 0 aliphatic carbocycles. The summed E-state index contributed by atoms with van der Waals surface area (Å²) in [6.45, 7) is 5.17. The highest BCUT2D eigenvalue weighted by Gasteiger charge is 1.96. The van der Waals surface area contributed by atoms with Crippen LogP contribution in [0.15, 0.2) is 42.6 Å². The molecule has 2 heteroatoms. The van der Waals surface area contributed by atoms with E-state index in [4.69, 9.17) is 4.74 Å². The van der Waals surface area contributed by atoms with Crippen molar-refractivity contribution in [2.24, 2.45) is 0 Å². The molecule has 0 aliphatic heterocycles. The number of unbranched alkanes of at least 4 members (excludes halogenated alkanes) is 3. The Hall–Kier alpha value is -2.27. The van der Waals surface area contributed by atoms with Crippen LogP contribution in [0.5, 0.6) is 5.75 Å². The molecule has 0 aliphatic rings. The third-order valence-corrected chi connectivity index (χ3v) is 3.83. The lowest BCUT2D eigenvalue weighted by molar-refractivity contribution is 0.304. The van der Waals surface area contributed by atoms with Gasteiger partial charge in [-0.05, 0) is 48.6 Å². The van der Waals surface area contributed by atoms with E-state index in [0.717, 1.165) is 36.5 Å². The molecule has 0 atom stereocenters. The first-order chi connectivity index (χ1) is 11.8. The maximum Gasteiger partial charge on any atom is 0.137 e. The minimum absolute atomic E-state index is 0.761. The predicted octanol–water partition coefficient (Wildman–Crippen LogP) is 5.39. The maximum absolute atomic E-state index is 5.70. The molecule has 1 aromatic carbocycles. The molecular formula is C22H27NO. The van der Waals surface area contributed by atoms with Gasteiger partial charge in [-0.25, -0.2) is 4.98 Å². The van der Waals surface area contributed by atoms with Crippen LogP contribution in [0, 0.1) is 11.8 Å². The molecule has 2 aromatic rings. The summed E-state index contributed by atoms with van der Waals surface area (Å²) in [6, 6.07) is 12.3. The van der Waals surface area contributed by atoms with E-state index in [1.54, 1.807) is 6.20 Å². The summed E-state index contributed by atoms with van der Waals surface area (Å²) in [6.07, 6.45) is 8.89. The molecule has 24 heavy (non-hydrogen) atoms. The molecule has 126 valence electrons. The summed E-state index contributed by atoms with van der Waals surface area (Å²) in [5, 5.41) is 0. The van der Waals surface area contributed by atoms with Crippen molar-refractivity contribution in [3.63, 3.8) is 0 Å². The number of rotatable bonds is 8. The Balaban J connectivity index is 1.85. The molecule has 0 amide bonds. The maximum atomic E-state index is 5.70. The number of pyridine rings is 1.